The van der Waals surface area contributed by atoms with Gasteiger partial charge in [-0.3, -0.25) is 9.36 Å². The van der Waals surface area contributed by atoms with Crippen LogP contribution in [0, 0.1) is 0 Å². The van der Waals surface area contributed by atoms with Crippen molar-refractivity contribution in [2.75, 3.05) is 12.4 Å². The summed E-state index contributed by atoms with van der Waals surface area (Å²) in [6.07, 6.45) is 14.3. The number of ether oxygens (including phenoxy) is 1. The Morgan fingerprint density at radius 3 is 2.46 bits per heavy atom. The van der Waals surface area contributed by atoms with Crippen LogP contribution in [0.5, 0.6) is 5.75 Å². The molecule has 1 N–H and O–H groups in total. The second-order valence-electron chi connectivity index (χ2n) is 10.7. The molecule has 204 valence electrons. The first-order chi connectivity index (χ1) is 18.8. The van der Waals surface area contributed by atoms with Crippen molar-refractivity contribution in [1.29, 1.82) is 0 Å². The second kappa shape index (κ2) is 11.4. The first-order valence-electron chi connectivity index (χ1n) is 13.7. The number of aryl methyl sites for hydroxylation is 2. The summed E-state index contributed by atoms with van der Waals surface area (Å²) in [4.78, 5) is 5.22. The van der Waals surface area contributed by atoms with Gasteiger partial charge < -0.3 is 14.6 Å². The minimum absolute atomic E-state index is 0.409. The lowest BCUT2D eigenvalue weighted by atomic mass is 9.95. The van der Waals surface area contributed by atoms with Gasteiger partial charge >= 0.3 is 0 Å². The number of amidine groups is 1. The van der Waals surface area contributed by atoms with Crippen LogP contribution in [0.25, 0.3) is 28.6 Å². The minimum Gasteiger partial charge on any atom is -0.495 e. The number of aromatic nitrogens is 5. The Morgan fingerprint density at radius 1 is 1.03 bits per heavy atom. The molecule has 1 fully saturated rings. The van der Waals surface area contributed by atoms with E-state index in [-0.39, 0.29) is 0 Å². The summed E-state index contributed by atoms with van der Waals surface area (Å²) in [6.45, 7) is 6.28. The number of aliphatic imine (C=N–C) groups is 1. The van der Waals surface area contributed by atoms with Crippen molar-refractivity contribution in [1.82, 2.24) is 24.1 Å². The van der Waals surface area contributed by atoms with Crippen LogP contribution in [0.1, 0.15) is 64.5 Å². The van der Waals surface area contributed by atoms with Gasteiger partial charge in [-0.25, -0.2) is 4.99 Å². The summed E-state index contributed by atoms with van der Waals surface area (Å²) < 4.78 is 11.9. The highest BCUT2D eigenvalue weighted by atomic mass is 16.5. The number of rotatable bonds is 7. The van der Waals surface area contributed by atoms with E-state index >= 15 is 0 Å². The highest BCUT2D eigenvalue weighted by Crippen LogP contribution is 2.41. The molecule has 1 aliphatic carbocycles. The van der Waals surface area contributed by atoms with Gasteiger partial charge in [0.1, 0.15) is 17.4 Å². The molecule has 39 heavy (non-hydrogen) atoms. The molecular weight excluding hydrogens is 486 g/mol. The molecule has 0 amide bonds. The predicted octanol–water partition coefficient (Wildman–Crippen LogP) is 7.39. The quantitative estimate of drug-likeness (QED) is 0.202. The van der Waals surface area contributed by atoms with Gasteiger partial charge in [-0.1, -0.05) is 37.0 Å². The van der Waals surface area contributed by atoms with Gasteiger partial charge in [0.2, 0.25) is 0 Å². The summed E-state index contributed by atoms with van der Waals surface area (Å²) in [5.41, 5.74) is 7.43. The van der Waals surface area contributed by atoms with Gasteiger partial charge in [-0.05, 0) is 57.9 Å². The Balaban J connectivity index is 1.56. The van der Waals surface area contributed by atoms with E-state index in [1.807, 2.05) is 56.3 Å². The smallest absolute Gasteiger partial charge is 0.143 e. The van der Waals surface area contributed by atoms with Crippen LogP contribution in [-0.2, 0) is 14.1 Å². The van der Waals surface area contributed by atoms with Crippen molar-refractivity contribution in [2.45, 2.75) is 58.9 Å². The molecule has 3 heterocycles. The first-order valence-corrected chi connectivity index (χ1v) is 13.7. The van der Waals surface area contributed by atoms with Gasteiger partial charge in [0, 0.05) is 49.2 Å². The molecule has 0 spiro atoms. The number of nitrogens with zero attached hydrogens (tertiary/aromatic N) is 6. The molecule has 0 unspecified atom stereocenters. The van der Waals surface area contributed by atoms with E-state index in [4.69, 9.17) is 9.73 Å². The Bertz CT molecular complexity index is 1510. The zero-order valence-electron chi connectivity index (χ0n) is 23.9. The average Bonchev–Trinajstić information content (AvgIpc) is 3.63. The van der Waals surface area contributed by atoms with Crippen molar-refractivity contribution in [3.8, 4) is 28.3 Å². The summed E-state index contributed by atoms with van der Waals surface area (Å²) in [5.74, 6) is 2.53. The van der Waals surface area contributed by atoms with Crippen LogP contribution in [0.2, 0.25) is 0 Å². The maximum atomic E-state index is 5.75. The Morgan fingerprint density at radius 2 is 1.82 bits per heavy atom. The SMILES string of the molecule is COc1cc(-c2ccn(C)n2)ccc1N/C(C)=N/c1c(C=C(C)C)cc(-c2cnn(C)c2)n1C1CCCCC1. The molecule has 0 atom stereocenters. The van der Waals surface area contributed by atoms with E-state index in [1.54, 1.807) is 11.8 Å². The molecule has 1 aliphatic rings. The van der Waals surface area contributed by atoms with E-state index in [0.29, 0.717) is 6.04 Å². The lowest BCUT2D eigenvalue weighted by Crippen LogP contribution is -2.15. The van der Waals surface area contributed by atoms with Crippen molar-refractivity contribution in [2.24, 2.45) is 19.1 Å². The third-order valence-electron chi connectivity index (χ3n) is 7.22. The van der Waals surface area contributed by atoms with Crippen LogP contribution in [-0.4, -0.2) is 37.1 Å². The number of hydrogen-bond donors (Lipinski definition) is 1. The molecular formula is C31H39N7O. The predicted molar refractivity (Wildman–Crippen MR) is 160 cm³/mol. The van der Waals surface area contributed by atoms with Gasteiger partial charge in [0.05, 0.1) is 30.4 Å². The minimum atomic E-state index is 0.409. The fourth-order valence-electron chi connectivity index (χ4n) is 5.46. The van der Waals surface area contributed by atoms with E-state index in [9.17, 15) is 0 Å². The Kier molecular flexibility index (Phi) is 7.72. The zero-order chi connectivity index (χ0) is 27.5. The van der Waals surface area contributed by atoms with Crippen LogP contribution in [0.4, 0.5) is 11.5 Å². The first kappa shape index (κ1) is 26.5. The van der Waals surface area contributed by atoms with Gasteiger partial charge in [0.15, 0.2) is 0 Å². The number of hydrogen-bond acceptors (Lipinski definition) is 4. The third kappa shape index (κ3) is 5.85. The van der Waals surface area contributed by atoms with Crippen LogP contribution >= 0.6 is 0 Å². The highest BCUT2D eigenvalue weighted by molar-refractivity contribution is 5.97. The van der Waals surface area contributed by atoms with Gasteiger partial charge in [-0.15, -0.1) is 0 Å². The average molecular weight is 526 g/mol. The molecule has 5 rings (SSSR count). The standard InChI is InChI=1S/C31H39N7O/c1-21(2)16-24-17-29(25-19-32-37(5)20-25)38(26-10-8-7-9-11-26)31(24)34-22(3)33-28-13-12-23(18-30(28)39-6)27-14-15-36(4)35-27/h12-20,26H,7-11H2,1-6H3,(H,33,34). The number of benzene rings is 1. The fraction of sp³-hybridized carbons (Fsp3) is 0.387. The van der Waals surface area contributed by atoms with Gasteiger partial charge in [-0.2, -0.15) is 10.2 Å². The fourth-order valence-corrected chi connectivity index (χ4v) is 5.46. The van der Waals surface area contributed by atoms with E-state index in [1.165, 1.54) is 30.5 Å². The van der Waals surface area contributed by atoms with E-state index in [0.717, 1.165) is 58.3 Å². The van der Waals surface area contributed by atoms with E-state index < -0.39 is 0 Å². The summed E-state index contributed by atoms with van der Waals surface area (Å²) in [5, 5.41) is 12.5. The number of allylic oxidation sites excluding steroid dienone is 1. The maximum Gasteiger partial charge on any atom is 0.143 e. The van der Waals surface area contributed by atoms with Crippen molar-refractivity contribution >= 4 is 23.4 Å². The molecule has 1 saturated carbocycles. The largest absolute Gasteiger partial charge is 0.495 e. The topological polar surface area (TPSA) is 74.2 Å². The van der Waals surface area contributed by atoms with Crippen LogP contribution in [0.3, 0.4) is 0 Å². The summed E-state index contributed by atoms with van der Waals surface area (Å²) in [6, 6.07) is 10.8. The lowest BCUT2D eigenvalue weighted by molar-refractivity contribution is 0.358. The summed E-state index contributed by atoms with van der Waals surface area (Å²) >= 11 is 0. The molecule has 8 heteroatoms. The monoisotopic (exact) mass is 525 g/mol. The van der Waals surface area contributed by atoms with Crippen LogP contribution in [0.15, 0.2) is 59.5 Å². The molecule has 8 nitrogen and oxygen atoms in total. The Hall–Kier alpha value is -4.07. The van der Waals surface area contributed by atoms with Crippen molar-refractivity contribution < 1.29 is 4.74 Å². The van der Waals surface area contributed by atoms with Crippen molar-refractivity contribution in [3.05, 3.63) is 60.1 Å². The van der Waals surface area contributed by atoms with Gasteiger partial charge in [0.25, 0.3) is 0 Å². The third-order valence-corrected chi connectivity index (χ3v) is 7.22. The molecule has 0 radical (unpaired) electrons. The van der Waals surface area contributed by atoms with E-state index in [2.05, 4.69) is 58.3 Å². The lowest BCUT2D eigenvalue weighted by Gasteiger charge is -2.27. The zero-order valence-corrected chi connectivity index (χ0v) is 23.9. The van der Waals surface area contributed by atoms with Crippen LogP contribution < -0.4 is 10.1 Å². The Labute approximate surface area is 231 Å². The molecule has 0 aliphatic heterocycles. The maximum absolute atomic E-state index is 5.75. The second-order valence-corrected chi connectivity index (χ2v) is 10.7. The molecule has 3 aromatic heterocycles. The normalized spacial score (nSPS) is 14.5. The molecule has 0 saturated heterocycles. The number of nitrogens with one attached hydrogen (secondary N) is 1. The number of anilines is 1. The molecule has 0 bridgehead atoms. The molecule has 4 aromatic rings. The number of methoxy groups -OCH3 is 1. The summed E-state index contributed by atoms with van der Waals surface area (Å²) in [7, 11) is 5.58. The molecule has 1 aromatic carbocycles. The highest BCUT2D eigenvalue weighted by Gasteiger charge is 2.24. The van der Waals surface area contributed by atoms with Crippen molar-refractivity contribution in [3.63, 3.8) is 0 Å².